The number of para-hydroxylation sites is 3. The molecule has 1 unspecified atom stereocenters. The molecule has 2 aromatic rings. The molecule has 3 rings (SSSR count). The van der Waals surface area contributed by atoms with Gasteiger partial charge in [-0.1, -0.05) is 41.4 Å². The summed E-state index contributed by atoms with van der Waals surface area (Å²) in [7, 11) is 1.57. The molecular formula is C19H19Cl2N3O3. The molecule has 0 bridgehead atoms. The van der Waals surface area contributed by atoms with Crippen molar-refractivity contribution < 1.29 is 14.3 Å². The number of halogens is 2. The van der Waals surface area contributed by atoms with Gasteiger partial charge in [0.1, 0.15) is 5.75 Å². The molecule has 1 heterocycles. The zero-order valence-corrected chi connectivity index (χ0v) is 16.2. The first kappa shape index (κ1) is 19.3. The average molecular weight is 408 g/mol. The molecular weight excluding hydrogens is 389 g/mol. The third-order valence-corrected chi connectivity index (χ3v) is 4.87. The first-order valence-electron chi connectivity index (χ1n) is 8.45. The van der Waals surface area contributed by atoms with Crippen LogP contribution in [0.4, 0.5) is 11.4 Å². The monoisotopic (exact) mass is 407 g/mol. The number of rotatable bonds is 5. The van der Waals surface area contributed by atoms with Gasteiger partial charge in [-0.2, -0.15) is 0 Å². The third-order valence-electron chi connectivity index (χ3n) is 4.24. The Balaban J connectivity index is 1.69. The molecule has 0 saturated heterocycles. The van der Waals surface area contributed by atoms with E-state index >= 15 is 0 Å². The molecule has 2 amide bonds. The summed E-state index contributed by atoms with van der Waals surface area (Å²) in [5.41, 5.74) is 1.25. The van der Waals surface area contributed by atoms with Crippen molar-refractivity contribution >= 4 is 46.4 Å². The quantitative estimate of drug-likeness (QED) is 0.797. The Morgan fingerprint density at radius 2 is 1.85 bits per heavy atom. The van der Waals surface area contributed by atoms with Gasteiger partial charge in [0, 0.05) is 20.0 Å². The van der Waals surface area contributed by atoms with E-state index < -0.39 is 6.10 Å². The van der Waals surface area contributed by atoms with Crippen LogP contribution in [-0.4, -0.2) is 38.1 Å². The van der Waals surface area contributed by atoms with Crippen LogP contribution in [0.15, 0.2) is 42.5 Å². The van der Waals surface area contributed by atoms with Crippen LogP contribution >= 0.6 is 23.2 Å². The van der Waals surface area contributed by atoms with Crippen molar-refractivity contribution in [2.24, 2.45) is 0 Å². The van der Waals surface area contributed by atoms with Crippen molar-refractivity contribution in [1.82, 2.24) is 5.32 Å². The number of nitrogens with zero attached hydrogens (tertiary/aromatic N) is 1. The van der Waals surface area contributed by atoms with Crippen LogP contribution in [0.5, 0.6) is 5.75 Å². The van der Waals surface area contributed by atoms with Crippen molar-refractivity contribution in [1.29, 1.82) is 0 Å². The lowest BCUT2D eigenvalue weighted by Gasteiger charge is -2.35. The van der Waals surface area contributed by atoms with E-state index in [1.165, 1.54) is 0 Å². The van der Waals surface area contributed by atoms with E-state index in [1.54, 1.807) is 31.3 Å². The number of hydrogen-bond acceptors (Lipinski definition) is 4. The maximum atomic E-state index is 12.4. The summed E-state index contributed by atoms with van der Waals surface area (Å²) in [4.78, 5) is 26.3. The van der Waals surface area contributed by atoms with Crippen molar-refractivity contribution in [2.45, 2.75) is 12.5 Å². The minimum Gasteiger partial charge on any atom is -0.477 e. The van der Waals surface area contributed by atoms with E-state index in [-0.39, 0.29) is 18.2 Å². The van der Waals surface area contributed by atoms with E-state index in [4.69, 9.17) is 27.9 Å². The Morgan fingerprint density at radius 1 is 1.15 bits per heavy atom. The maximum absolute atomic E-state index is 12.4. The van der Waals surface area contributed by atoms with Gasteiger partial charge in [-0.05, 0) is 24.3 Å². The molecule has 0 aliphatic carbocycles. The van der Waals surface area contributed by atoms with E-state index in [2.05, 4.69) is 10.6 Å². The minimum absolute atomic E-state index is 0.205. The molecule has 0 saturated carbocycles. The summed E-state index contributed by atoms with van der Waals surface area (Å²) in [5.74, 6) is 0.194. The third kappa shape index (κ3) is 4.46. The van der Waals surface area contributed by atoms with Gasteiger partial charge in [0.2, 0.25) is 5.91 Å². The van der Waals surface area contributed by atoms with Gasteiger partial charge in [0.25, 0.3) is 5.91 Å². The lowest BCUT2D eigenvalue weighted by molar-refractivity contribution is -0.127. The van der Waals surface area contributed by atoms with E-state index in [9.17, 15) is 9.59 Å². The summed E-state index contributed by atoms with van der Waals surface area (Å²) in [5, 5.41) is 6.11. The van der Waals surface area contributed by atoms with Crippen molar-refractivity contribution in [3.8, 4) is 5.75 Å². The topological polar surface area (TPSA) is 70.7 Å². The largest absolute Gasteiger partial charge is 0.477 e. The second-order valence-electron chi connectivity index (χ2n) is 6.03. The number of amides is 2. The molecule has 142 valence electrons. The zero-order valence-electron chi connectivity index (χ0n) is 14.7. The molecule has 0 fully saturated rings. The summed E-state index contributed by atoms with van der Waals surface area (Å²) in [6, 6.07) is 12.5. The van der Waals surface area contributed by atoms with Gasteiger partial charge < -0.3 is 20.3 Å². The minimum atomic E-state index is -0.633. The number of anilines is 2. The molecule has 1 atom stereocenters. The molecule has 0 radical (unpaired) electrons. The Morgan fingerprint density at radius 3 is 2.56 bits per heavy atom. The Bertz CT molecular complexity index is 840. The highest BCUT2D eigenvalue weighted by Gasteiger charge is 2.30. The standard InChI is InChI=1S/C19H19Cl2N3O3/c1-22-19(26)16-11-24(14-7-2-3-8-15(14)27-16)10-9-17(25)23-18-12(20)5-4-6-13(18)21/h2-8,16H,9-11H2,1H3,(H,22,26)(H,23,25). The summed E-state index contributed by atoms with van der Waals surface area (Å²) < 4.78 is 5.76. The van der Waals surface area contributed by atoms with Gasteiger partial charge in [-0.15, -0.1) is 0 Å². The number of likely N-dealkylation sites (N-methyl/N-ethyl adjacent to an activating group) is 1. The summed E-state index contributed by atoms with van der Waals surface area (Å²) in [6.07, 6.45) is -0.429. The van der Waals surface area contributed by atoms with Gasteiger partial charge in [0.15, 0.2) is 6.10 Å². The Hall–Kier alpha value is -2.44. The Kier molecular flexibility index (Phi) is 6.08. The highest BCUT2D eigenvalue weighted by molar-refractivity contribution is 6.39. The molecule has 27 heavy (non-hydrogen) atoms. The maximum Gasteiger partial charge on any atom is 0.262 e. The average Bonchev–Trinajstić information content (AvgIpc) is 2.68. The molecule has 6 nitrogen and oxygen atoms in total. The number of carbonyl (C=O) groups is 2. The van der Waals surface area contributed by atoms with Gasteiger partial charge in [-0.25, -0.2) is 0 Å². The van der Waals surface area contributed by atoms with Crippen LogP contribution in [0.3, 0.4) is 0 Å². The molecule has 2 N–H and O–H groups in total. The number of nitrogens with one attached hydrogen (secondary N) is 2. The lowest BCUT2D eigenvalue weighted by atomic mass is 10.1. The predicted octanol–water partition coefficient (Wildman–Crippen LogP) is 3.34. The lowest BCUT2D eigenvalue weighted by Crippen LogP contribution is -2.48. The predicted molar refractivity (Wildman–Crippen MR) is 107 cm³/mol. The SMILES string of the molecule is CNC(=O)C1CN(CCC(=O)Nc2c(Cl)cccc2Cl)c2ccccc2O1. The second-order valence-corrected chi connectivity index (χ2v) is 6.84. The molecule has 1 aliphatic rings. The fourth-order valence-corrected chi connectivity index (χ4v) is 3.36. The van der Waals surface area contributed by atoms with Crippen LogP contribution in [0.2, 0.25) is 10.0 Å². The van der Waals surface area contributed by atoms with Crippen LogP contribution in [-0.2, 0) is 9.59 Å². The molecule has 0 aromatic heterocycles. The summed E-state index contributed by atoms with van der Waals surface area (Å²) in [6.45, 7) is 0.776. The molecule has 8 heteroatoms. The van der Waals surface area contributed by atoms with Crippen LogP contribution in [0, 0.1) is 0 Å². The number of hydrogen-bond donors (Lipinski definition) is 2. The molecule has 1 aliphatic heterocycles. The van der Waals surface area contributed by atoms with E-state index in [0.29, 0.717) is 34.6 Å². The highest BCUT2D eigenvalue weighted by Crippen LogP contribution is 2.33. The fourth-order valence-electron chi connectivity index (χ4n) is 2.87. The fraction of sp³-hybridized carbons (Fsp3) is 0.263. The Labute approximate surface area is 167 Å². The normalized spacial score (nSPS) is 15.5. The van der Waals surface area contributed by atoms with Crippen molar-refractivity contribution in [2.75, 3.05) is 30.4 Å². The highest BCUT2D eigenvalue weighted by atomic mass is 35.5. The number of benzene rings is 2. The van der Waals surface area contributed by atoms with E-state index in [0.717, 1.165) is 5.69 Å². The second kappa shape index (κ2) is 8.50. The van der Waals surface area contributed by atoms with Gasteiger partial charge >= 0.3 is 0 Å². The zero-order chi connectivity index (χ0) is 19.4. The van der Waals surface area contributed by atoms with Crippen molar-refractivity contribution in [3.05, 3.63) is 52.5 Å². The van der Waals surface area contributed by atoms with Gasteiger partial charge in [0.05, 0.1) is 28.0 Å². The molecule has 2 aromatic carbocycles. The van der Waals surface area contributed by atoms with Crippen LogP contribution < -0.4 is 20.3 Å². The number of ether oxygens (including phenoxy) is 1. The molecule has 0 spiro atoms. The number of fused-ring (bicyclic) bond motifs is 1. The van der Waals surface area contributed by atoms with Crippen molar-refractivity contribution in [3.63, 3.8) is 0 Å². The van der Waals surface area contributed by atoms with Gasteiger partial charge in [-0.3, -0.25) is 9.59 Å². The van der Waals surface area contributed by atoms with E-state index in [1.807, 2.05) is 23.1 Å². The van der Waals surface area contributed by atoms with Crippen LogP contribution in [0.1, 0.15) is 6.42 Å². The summed E-state index contributed by atoms with van der Waals surface area (Å²) >= 11 is 12.2. The first-order chi connectivity index (χ1) is 13.0. The van der Waals surface area contributed by atoms with Crippen LogP contribution in [0.25, 0.3) is 0 Å². The first-order valence-corrected chi connectivity index (χ1v) is 9.21. The number of carbonyl (C=O) groups excluding carboxylic acids is 2. The smallest absolute Gasteiger partial charge is 0.262 e.